The number of aromatic amines is 1. The largest absolute Gasteiger partial charge is 0.326 e. The van der Waals surface area contributed by atoms with Crippen LogP contribution < -0.4 is 15.5 Å². The normalized spacial score (nSPS) is 14.8. The van der Waals surface area contributed by atoms with Gasteiger partial charge in [0, 0.05) is 12.2 Å². The van der Waals surface area contributed by atoms with Crippen molar-refractivity contribution < 1.29 is 9.20 Å². The van der Waals surface area contributed by atoms with Crippen LogP contribution in [0.5, 0.6) is 0 Å². The number of nitrogens with two attached hydrogens (primary N) is 1. The molecule has 0 spiro atoms. The zero-order valence-electron chi connectivity index (χ0n) is 14.7. The van der Waals surface area contributed by atoms with E-state index in [1.165, 1.54) is 12.8 Å². The number of H-pyrrole nitrogens is 1. The van der Waals surface area contributed by atoms with Gasteiger partial charge in [-0.2, -0.15) is 0 Å². The van der Waals surface area contributed by atoms with Gasteiger partial charge in [-0.1, -0.05) is 12.1 Å². The van der Waals surface area contributed by atoms with Gasteiger partial charge in [0.25, 0.3) is 11.6 Å². The van der Waals surface area contributed by atoms with Gasteiger partial charge in [0.2, 0.25) is 0 Å². The lowest BCUT2D eigenvalue weighted by molar-refractivity contribution is -0.510. The summed E-state index contributed by atoms with van der Waals surface area (Å²) in [6, 6.07) is 11.4. The fraction of sp³-hybridized carbons (Fsp3) is 0.300. The van der Waals surface area contributed by atoms with Crippen molar-refractivity contribution in [3.8, 4) is 0 Å². The van der Waals surface area contributed by atoms with Gasteiger partial charge in [0.1, 0.15) is 11.8 Å². The maximum Gasteiger partial charge on any atom is 0.297 e. The van der Waals surface area contributed by atoms with Crippen LogP contribution in [0.15, 0.2) is 48.8 Å². The van der Waals surface area contributed by atoms with Crippen LogP contribution in [-0.4, -0.2) is 28.9 Å². The summed E-state index contributed by atoms with van der Waals surface area (Å²) in [7, 11) is 0. The quantitative estimate of drug-likeness (QED) is 0.616. The molecule has 3 heterocycles. The van der Waals surface area contributed by atoms with E-state index in [0.29, 0.717) is 12.1 Å². The molecule has 0 atom stereocenters. The second-order valence-electron chi connectivity index (χ2n) is 6.80. The Bertz CT molecular complexity index is 927. The first-order valence-corrected chi connectivity index (χ1v) is 9.07. The van der Waals surface area contributed by atoms with E-state index in [0.717, 1.165) is 42.2 Å². The Kier molecular flexibility index (Phi) is 4.69. The fourth-order valence-corrected chi connectivity index (χ4v) is 3.54. The van der Waals surface area contributed by atoms with E-state index in [9.17, 15) is 4.79 Å². The van der Waals surface area contributed by atoms with Gasteiger partial charge in [0.05, 0.1) is 12.7 Å². The first kappa shape index (κ1) is 16.8. The molecule has 1 fully saturated rings. The highest BCUT2D eigenvalue weighted by Gasteiger charge is 2.21. The molecule has 1 aliphatic rings. The van der Waals surface area contributed by atoms with Crippen molar-refractivity contribution in [1.29, 1.82) is 0 Å². The first-order chi connectivity index (χ1) is 12.7. The lowest BCUT2D eigenvalue weighted by Crippen LogP contribution is -2.23. The molecule has 26 heavy (non-hydrogen) atoms. The van der Waals surface area contributed by atoms with Gasteiger partial charge >= 0.3 is 0 Å². The zero-order valence-corrected chi connectivity index (χ0v) is 14.7. The van der Waals surface area contributed by atoms with Crippen LogP contribution in [0.1, 0.15) is 34.5 Å². The lowest BCUT2D eigenvalue weighted by Gasteiger charge is -2.10. The topological polar surface area (TPSA) is 78.2 Å². The van der Waals surface area contributed by atoms with Crippen molar-refractivity contribution in [3.05, 3.63) is 65.6 Å². The van der Waals surface area contributed by atoms with E-state index >= 15 is 0 Å². The van der Waals surface area contributed by atoms with Crippen molar-refractivity contribution in [2.75, 3.05) is 18.4 Å². The number of imidazole rings is 1. The van der Waals surface area contributed by atoms with Gasteiger partial charge in [-0.15, -0.1) is 0 Å². The maximum atomic E-state index is 12.8. The molecule has 0 saturated carbocycles. The SMILES string of the molecule is NCc1cccc(NC(=O)c2ccc[n+]3cc(CN4CCCC4)[nH]c23)c1. The summed E-state index contributed by atoms with van der Waals surface area (Å²) in [5.41, 5.74) is 9.98. The monoisotopic (exact) mass is 350 g/mol. The number of hydrogen-bond donors (Lipinski definition) is 3. The number of benzene rings is 1. The number of fused-ring (bicyclic) bond motifs is 1. The minimum atomic E-state index is -0.133. The number of pyridine rings is 1. The van der Waals surface area contributed by atoms with Gasteiger partial charge in [-0.25, -0.2) is 9.38 Å². The summed E-state index contributed by atoms with van der Waals surface area (Å²) in [4.78, 5) is 18.7. The third-order valence-corrected chi connectivity index (χ3v) is 4.85. The van der Waals surface area contributed by atoms with E-state index in [4.69, 9.17) is 5.73 Å². The van der Waals surface area contributed by atoms with Crippen molar-refractivity contribution in [1.82, 2.24) is 9.88 Å². The Labute approximate surface area is 152 Å². The number of likely N-dealkylation sites (tertiary alicyclic amines) is 1. The molecule has 6 nitrogen and oxygen atoms in total. The lowest BCUT2D eigenvalue weighted by atomic mass is 10.2. The molecule has 134 valence electrons. The number of carbonyl (C=O) groups excluding carboxylic acids is 1. The molecule has 0 unspecified atom stereocenters. The highest BCUT2D eigenvalue weighted by atomic mass is 16.1. The maximum absolute atomic E-state index is 12.8. The third kappa shape index (κ3) is 3.47. The van der Waals surface area contributed by atoms with Crippen LogP contribution in [0.3, 0.4) is 0 Å². The molecule has 1 saturated heterocycles. The molecule has 4 N–H and O–H groups in total. The zero-order chi connectivity index (χ0) is 17.9. The standard InChI is InChI=1S/C20H23N5O/c21-12-15-5-3-6-16(11-15)23-20(26)18-7-4-10-25-14-17(22-19(18)25)13-24-8-1-2-9-24/h3-7,10-11,14H,1-2,8-9,12-13,21H2,(H,23,26)/p+1. The number of rotatable bonds is 5. The molecule has 1 aromatic carbocycles. The third-order valence-electron chi connectivity index (χ3n) is 4.85. The number of aromatic nitrogens is 2. The molecule has 0 bridgehead atoms. The van der Waals surface area contributed by atoms with E-state index in [1.54, 1.807) is 0 Å². The Morgan fingerprint density at radius 2 is 2.08 bits per heavy atom. The number of nitrogens with one attached hydrogen (secondary N) is 2. The van der Waals surface area contributed by atoms with Crippen LogP contribution >= 0.6 is 0 Å². The smallest absolute Gasteiger partial charge is 0.297 e. The summed E-state index contributed by atoms with van der Waals surface area (Å²) < 4.78 is 1.98. The molecule has 6 heteroatoms. The van der Waals surface area contributed by atoms with Crippen molar-refractivity contribution in [2.24, 2.45) is 5.73 Å². The Morgan fingerprint density at radius 3 is 2.88 bits per heavy atom. The number of anilines is 1. The summed E-state index contributed by atoms with van der Waals surface area (Å²) in [5, 5.41) is 2.97. The predicted octanol–water partition coefficient (Wildman–Crippen LogP) is 2.06. The van der Waals surface area contributed by atoms with Crippen LogP contribution in [0, 0.1) is 0 Å². The Hall–Kier alpha value is -2.70. The predicted molar refractivity (Wildman–Crippen MR) is 101 cm³/mol. The van der Waals surface area contributed by atoms with Crippen molar-refractivity contribution >= 4 is 17.2 Å². The molecule has 2 aromatic heterocycles. The minimum Gasteiger partial charge on any atom is -0.326 e. The molecule has 0 aliphatic carbocycles. The number of amides is 1. The molecule has 4 rings (SSSR count). The van der Waals surface area contributed by atoms with Crippen molar-refractivity contribution in [3.63, 3.8) is 0 Å². The summed E-state index contributed by atoms with van der Waals surface area (Å²) >= 11 is 0. The molecular weight excluding hydrogens is 326 g/mol. The van der Waals surface area contributed by atoms with Crippen LogP contribution in [0.25, 0.3) is 5.65 Å². The van der Waals surface area contributed by atoms with E-state index in [2.05, 4.69) is 21.4 Å². The number of carbonyl (C=O) groups is 1. The van der Waals surface area contributed by atoms with E-state index in [-0.39, 0.29) is 5.91 Å². The second kappa shape index (κ2) is 7.27. The Morgan fingerprint density at radius 1 is 1.23 bits per heavy atom. The minimum absolute atomic E-state index is 0.133. The molecule has 3 aromatic rings. The summed E-state index contributed by atoms with van der Waals surface area (Å²) in [5.74, 6) is -0.133. The molecule has 0 radical (unpaired) electrons. The highest BCUT2D eigenvalue weighted by molar-refractivity contribution is 6.07. The van der Waals surface area contributed by atoms with Crippen LogP contribution in [-0.2, 0) is 13.1 Å². The average Bonchev–Trinajstić information content (AvgIpc) is 3.30. The molecule has 1 aliphatic heterocycles. The summed E-state index contributed by atoms with van der Waals surface area (Å²) in [6.07, 6.45) is 6.57. The molecule has 1 amide bonds. The van der Waals surface area contributed by atoms with E-state index in [1.807, 2.05) is 47.0 Å². The van der Waals surface area contributed by atoms with Gasteiger partial charge in [-0.3, -0.25) is 9.69 Å². The fourth-order valence-electron chi connectivity index (χ4n) is 3.54. The van der Waals surface area contributed by atoms with Gasteiger partial charge in [-0.05, 0) is 55.8 Å². The van der Waals surface area contributed by atoms with Gasteiger partial charge in [0.15, 0.2) is 5.69 Å². The number of hydrogen-bond acceptors (Lipinski definition) is 3. The summed E-state index contributed by atoms with van der Waals surface area (Å²) in [6.45, 7) is 3.63. The first-order valence-electron chi connectivity index (χ1n) is 9.07. The average molecular weight is 350 g/mol. The number of nitrogens with zero attached hydrogens (tertiary/aromatic N) is 2. The second-order valence-corrected chi connectivity index (χ2v) is 6.80. The molecular formula is C20H24N5O+. The van der Waals surface area contributed by atoms with Crippen LogP contribution in [0.4, 0.5) is 5.69 Å². The van der Waals surface area contributed by atoms with Crippen LogP contribution in [0.2, 0.25) is 0 Å². The Balaban J connectivity index is 1.58. The highest BCUT2D eigenvalue weighted by Crippen LogP contribution is 2.15. The van der Waals surface area contributed by atoms with Crippen molar-refractivity contribution in [2.45, 2.75) is 25.9 Å². The van der Waals surface area contributed by atoms with E-state index < -0.39 is 0 Å². The van der Waals surface area contributed by atoms with Gasteiger partial charge < -0.3 is 11.1 Å².